The summed E-state index contributed by atoms with van der Waals surface area (Å²) in [5.41, 5.74) is 2.36. The zero-order valence-electron chi connectivity index (χ0n) is 9.56. The third-order valence-corrected chi connectivity index (χ3v) is 3.96. The molecular weight excluding hydrogens is 298 g/mol. The number of hydrogen-bond acceptors (Lipinski definition) is 4. The summed E-state index contributed by atoms with van der Waals surface area (Å²) in [6.07, 6.45) is 6.40. The highest BCUT2D eigenvalue weighted by Crippen LogP contribution is 2.28. The summed E-state index contributed by atoms with van der Waals surface area (Å²) in [5, 5.41) is 5.68. The van der Waals surface area contributed by atoms with Gasteiger partial charge in [0.25, 0.3) is 0 Å². The lowest BCUT2D eigenvalue weighted by Crippen LogP contribution is -2.23. The summed E-state index contributed by atoms with van der Waals surface area (Å²) in [5.74, 6) is 0. The molecule has 0 aliphatic carbocycles. The third kappa shape index (κ3) is 3.34. The molecule has 0 fully saturated rings. The standard InChI is InChI=1S/C12H14BrN3S/c1-2-3-16-12(9-4-11(13)17-7-9)10-5-14-8-15-6-10/h4-8,12,16H,2-3H2,1H3. The van der Waals surface area contributed by atoms with E-state index in [9.17, 15) is 0 Å². The van der Waals surface area contributed by atoms with Gasteiger partial charge < -0.3 is 5.32 Å². The van der Waals surface area contributed by atoms with Gasteiger partial charge in [0.1, 0.15) is 6.33 Å². The Labute approximate surface area is 113 Å². The smallest absolute Gasteiger partial charge is 0.115 e. The highest BCUT2D eigenvalue weighted by Gasteiger charge is 2.15. The van der Waals surface area contributed by atoms with Gasteiger partial charge in [-0.15, -0.1) is 11.3 Å². The van der Waals surface area contributed by atoms with Crippen LogP contribution in [-0.4, -0.2) is 16.5 Å². The maximum atomic E-state index is 4.09. The Hall–Kier alpha value is -0.780. The van der Waals surface area contributed by atoms with Gasteiger partial charge in [-0.2, -0.15) is 0 Å². The molecular formula is C12H14BrN3S. The van der Waals surface area contributed by atoms with E-state index in [2.05, 4.69) is 49.6 Å². The van der Waals surface area contributed by atoms with E-state index >= 15 is 0 Å². The second-order valence-electron chi connectivity index (χ2n) is 3.74. The molecule has 0 aliphatic heterocycles. The SMILES string of the molecule is CCCNC(c1cncnc1)c1csc(Br)c1. The fraction of sp³-hybridized carbons (Fsp3) is 0.333. The third-order valence-electron chi connectivity index (χ3n) is 2.43. The van der Waals surface area contributed by atoms with Crippen molar-refractivity contribution < 1.29 is 0 Å². The lowest BCUT2D eigenvalue weighted by atomic mass is 10.0. The largest absolute Gasteiger partial charge is 0.306 e. The van der Waals surface area contributed by atoms with Crippen molar-refractivity contribution in [2.45, 2.75) is 19.4 Å². The molecule has 2 heterocycles. The van der Waals surface area contributed by atoms with Crippen molar-refractivity contribution in [2.75, 3.05) is 6.54 Å². The van der Waals surface area contributed by atoms with Crippen LogP contribution in [0.15, 0.2) is 34.0 Å². The van der Waals surface area contributed by atoms with Gasteiger partial charge in [0.2, 0.25) is 0 Å². The van der Waals surface area contributed by atoms with Gasteiger partial charge in [-0.25, -0.2) is 9.97 Å². The van der Waals surface area contributed by atoms with Crippen LogP contribution in [-0.2, 0) is 0 Å². The number of hydrogen-bond donors (Lipinski definition) is 1. The molecule has 5 heteroatoms. The molecule has 2 aromatic rings. The first-order chi connectivity index (χ1) is 8.31. The van der Waals surface area contributed by atoms with Crippen LogP contribution in [0.25, 0.3) is 0 Å². The molecule has 0 aromatic carbocycles. The Morgan fingerprint density at radius 2 is 2.12 bits per heavy atom. The second kappa shape index (κ2) is 6.23. The Bertz CT molecular complexity index is 458. The van der Waals surface area contributed by atoms with Gasteiger partial charge in [0, 0.05) is 18.0 Å². The Kier molecular flexibility index (Phi) is 4.65. The second-order valence-corrected chi connectivity index (χ2v) is 6.03. The molecule has 0 aliphatic rings. The van der Waals surface area contributed by atoms with Crippen LogP contribution >= 0.6 is 27.3 Å². The molecule has 1 N–H and O–H groups in total. The Balaban J connectivity index is 2.25. The predicted octanol–water partition coefficient (Wildman–Crippen LogP) is 3.39. The van der Waals surface area contributed by atoms with E-state index in [-0.39, 0.29) is 6.04 Å². The predicted molar refractivity (Wildman–Crippen MR) is 74.2 cm³/mol. The maximum absolute atomic E-state index is 4.09. The molecule has 3 nitrogen and oxygen atoms in total. The number of aromatic nitrogens is 2. The Morgan fingerprint density at radius 3 is 2.71 bits per heavy atom. The quantitative estimate of drug-likeness (QED) is 0.919. The van der Waals surface area contributed by atoms with Gasteiger partial charge in [-0.05, 0) is 45.9 Å². The molecule has 0 spiro atoms. The highest BCUT2D eigenvalue weighted by molar-refractivity contribution is 9.11. The van der Waals surface area contributed by atoms with Gasteiger partial charge in [0.15, 0.2) is 0 Å². The monoisotopic (exact) mass is 311 g/mol. The average Bonchev–Trinajstić information content (AvgIpc) is 2.78. The first kappa shape index (κ1) is 12.7. The molecule has 2 aromatic heterocycles. The lowest BCUT2D eigenvalue weighted by Gasteiger charge is -2.17. The molecule has 0 bridgehead atoms. The van der Waals surface area contributed by atoms with Crippen LogP contribution in [0.2, 0.25) is 0 Å². The van der Waals surface area contributed by atoms with Gasteiger partial charge in [-0.3, -0.25) is 0 Å². The van der Waals surface area contributed by atoms with E-state index in [1.807, 2.05) is 12.4 Å². The number of thiophene rings is 1. The van der Waals surface area contributed by atoms with Crippen LogP contribution in [0.3, 0.4) is 0 Å². The summed E-state index contributed by atoms with van der Waals surface area (Å²) in [4.78, 5) is 8.17. The van der Waals surface area contributed by atoms with Crippen LogP contribution in [0.4, 0.5) is 0 Å². The van der Waals surface area contributed by atoms with Crippen molar-refractivity contribution in [1.82, 2.24) is 15.3 Å². The molecule has 0 radical (unpaired) electrons. The van der Waals surface area contributed by atoms with Crippen molar-refractivity contribution in [1.29, 1.82) is 0 Å². The van der Waals surface area contributed by atoms with Gasteiger partial charge in [-0.1, -0.05) is 6.92 Å². The maximum Gasteiger partial charge on any atom is 0.115 e. The van der Waals surface area contributed by atoms with Crippen molar-refractivity contribution >= 4 is 27.3 Å². The normalized spacial score (nSPS) is 12.6. The summed E-state index contributed by atoms with van der Waals surface area (Å²) >= 11 is 5.20. The van der Waals surface area contributed by atoms with E-state index in [1.54, 1.807) is 17.7 Å². The fourth-order valence-electron chi connectivity index (χ4n) is 1.65. The van der Waals surface area contributed by atoms with E-state index in [0.717, 1.165) is 22.3 Å². The van der Waals surface area contributed by atoms with Crippen LogP contribution in [0, 0.1) is 0 Å². The van der Waals surface area contributed by atoms with Crippen molar-refractivity contribution in [3.8, 4) is 0 Å². The van der Waals surface area contributed by atoms with E-state index in [4.69, 9.17) is 0 Å². The summed E-state index contributed by atoms with van der Waals surface area (Å²) < 4.78 is 1.15. The highest BCUT2D eigenvalue weighted by atomic mass is 79.9. The minimum absolute atomic E-state index is 0.179. The first-order valence-corrected chi connectivity index (χ1v) is 7.20. The lowest BCUT2D eigenvalue weighted by molar-refractivity contribution is 0.596. The number of rotatable bonds is 5. The number of halogens is 1. The first-order valence-electron chi connectivity index (χ1n) is 5.53. The van der Waals surface area contributed by atoms with E-state index in [1.165, 1.54) is 5.56 Å². The van der Waals surface area contributed by atoms with Gasteiger partial charge >= 0.3 is 0 Å². The average molecular weight is 312 g/mol. The molecule has 2 rings (SSSR count). The molecule has 17 heavy (non-hydrogen) atoms. The summed E-state index contributed by atoms with van der Waals surface area (Å²) in [7, 11) is 0. The van der Waals surface area contributed by atoms with E-state index < -0.39 is 0 Å². The molecule has 1 atom stereocenters. The minimum Gasteiger partial charge on any atom is -0.306 e. The van der Waals surface area contributed by atoms with Crippen LogP contribution in [0.1, 0.15) is 30.5 Å². The van der Waals surface area contributed by atoms with E-state index in [0.29, 0.717) is 0 Å². The molecule has 0 amide bonds. The minimum atomic E-state index is 0.179. The zero-order chi connectivity index (χ0) is 12.1. The molecule has 1 unspecified atom stereocenters. The van der Waals surface area contributed by atoms with Crippen molar-refractivity contribution in [2.24, 2.45) is 0 Å². The zero-order valence-corrected chi connectivity index (χ0v) is 12.0. The molecule has 0 saturated heterocycles. The van der Waals surface area contributed by atoms with Crippen molar-refractivity contribution in [3.63, 3.8) is 0 Å². The summed E-state index contributed by atoms with van der Waals surface area (Å²) in [6, 6.07) is 2.32. The van der Waals surface area contributed by atoms with Crippen LogP contribution < -0.4 is 5.32 Å². The number of nitrogens with zero attached hydrogens (tertiary/aromatic N) is 2. The molecule has 0 saturated carbocycles. The number of nitrogens with one attached hydrogen (secondary N) is 1. The Morgan fingerprint density at radius 1 is 1.35 bits per heavy atom. The topological polar surface area (TPSA) is 37.8 Å². The fourth-order valence-corrected chi connectivity index (χ4v) is 2.85. The summed E-state index contributed by atoms with van der Waals surface area (Å²) in [6.45, 7) is 3.14. The van der Waals surface area contributed by atoms with Crippen LogP contribution in [0.5, 0.6) is 0 Å². The molecule has 90 valence electrons. The van der Waals surface area contributed by atoms with Gasteiger partial charge in [0.05, 0.1) is 9.83 Å². The van der Waals surface area contributed by atoms with Crippen molar-refractivity contribution in [3.05, 3.63) is 45.1 Å².